The van der Waals surface area contributed by atoms with Crippen molar-refractivity contribution in [3.8, 4) is 0 Å². The van der Waals surface area contributed by atoms with Crippen LogP contribution in [0.25, 0.3) is 0 Å². The number of ether oxygens (including phenoxy) is 2. The highest BCUT2D eigenvalue weighted by atomic mass is 16.7. The van der Waals surface area contributed by atoms with E-state index in [4.69, 9.17) is 9.47 Å². The van der Waals surface area contributed by atoms with Crippen LogP contribution in [-0.2, 0) is 14.3 Å². The van der Waals surface area contributed by atoms with Crippen molar-refractivity contribution in [2.45, 2.75) is 403 Å². The van der Waals surface area contributed by atoms with Gasteiger partial charge in [-0.15, -0.1) is 0 Å². The highest BCUT2D eigenvalue weighted by molar-refractivity contribution is 5.76. The number of nitrogens with one attached hydrogen (secondary N) is 1. The quantitative estimate of drug-likeness (QED) is 0.0330. The van der Waals surface area contributed by atoms with Crippen LogP contribution in [0, 0.1) is 0 Å². The monoisotopic (exact) mass is 1070 g/mol. The molecule has 1 aliphatic rings. The minimum Gasteiger partial charge on any atom is -0.394 e. The van der Waals surface area contributed by atoms with E-state index in [1.807, 2.05) is 0 Å². The Morgan fingerprint density at radius 1 is 0.400 bits per heavy atom. The maximum Gasteiger partial charge on any atom is 0.220 e. The van der Waals surface area contributed by atoms with Gasteiger partial charge in [0.15, 0.2) is 6.29 Å². The summed E-state index contributed by atoms with van der Waals surface area (Å²) in [4.78, 5) is 13.1. The van der Waals surface area contributed by atoms with Crippen LogP contribution in [0.4, 0.5) is 0 Å². The molecule has 0 bridgehead atoms. The van der Waals surface area contributed by atoms with Crippen LogP contribution in [-0.4, -0.2) is 87.5 Å². The summed E-state index contributed by atoms with van der Waals surface area (Å²) in [7, 11) is 0. The number of hydrogen-bond acceptors (Lipinski definition) is 8. The minimum atomic E-state index is -1.55. The molecule has 6 N–H and O–H groups in total. The topological polar surface area (TPSA) is 149 Å². The van der Waals surface area contributed by atoms with Crippen LogP contribution in [0.1, 0.15) is 361 Å². The minimum absolute atomic E-state index is 0.131. The van der Waals surface area contributed by atoms with Gasteiger partial charge in [-0.1, -0.05) is 341 Å². The molecule has 0 saturated carbocycles. The van der Waals surface area contributed by atoms with Gasteiger partial charge in [0.25, 0.3) is 0 Å². The first kappa shape index (κ1) is 72.2. The first-order valence-electron chi connectivity index (χ1n) is 33.7. The summed E-state index contributed by atoms with van der Waals surface area (Å²) in [5.41, 5.74) is 0. The van der Waals surface area contributed by atoms with Crippen LogP contribution in [0.15, 0.2) is 0 Å². The van der Waals surface area contributed by atoms with E-state index in [1.54, 1.807) is 0 Å². The van der Waals surface area contributed by atoms with E-state index in [9.17, 15) is 30.3 Å². The zero-order chi connectivity index (χ0) is 54.3. The fourth-order valence-corrected chi connectivity index (χ4v) is 11.4. The molecule has 1 fully saturated rings. The van der Waals surface area contributed by atoms with Crippen molar-refractivity contribution in [1.29, 1.82) is 0 Å². The number of hydrogen-bond donors (Lipinski definition) is 6. The molecule has 1 amide bonds. The summed E-state index contributed by atoms with van der Waals surface area (Å²) in [6.07, 6.45) is 63.2. The Morgan fingerprint density at radius 2 is 0.667 bits per heavy atom. The number of amides is 1. The van der Waals surface area contributed by atoms with Crippen molar-refractivity contribution in [3.05, 3.63) is 0 Å². The van der Waals surface area contributed by atoms with Crippen molar-refractivity contribution < 1.29 is 39.8 Å². The van der Waals surface area contributed by atoms with Gasteiger partial charge in [-0.05, 0) is 12.8 Å². The molecule has 7 atom stereocenters. The molecule has 1 saturated heterocycles. The lowest BCUT2D eigenvalue weighted by atomic mass is 9.99. The first-order valence-corrected chi connectivity index (χ1v) is 33.7. The number of aliphatic hydroxyl groups is 5. The second kappa shape index (κ2) is 56.5. The Hall–Kier alpha value is -0.810. The maximum atomic E-state index is 13.1. The van der Waals surface area contributed by atoms with E-state index in [0.717, 1.165) is 38.5 Å². The third kappa shape index (κ3) is 45.6. The van der Waals surface area contributed by atoms with Gasteiger partial charge in [0.05, 0.1) is 25.4 Å². The molecule has 7 unspecified atom stereocenters. The largest absolute Gasteiger partial charge is 0.394 e. The summed E-state index contributed by atoms with van der Waals surface area (Å²) in [5, 5.41) is 54.8. The molecule has 9 heteroatoms. The van der Waals surface area contributed by atoms with Crippen LogP contribution in [0.5, 0.6) is 0 Å². The molecule has 0 aromatic carbocycles. The molecule has 0 spiro atoms. The Kier molecular flexibility index (Phi) is 54.4. The van der Waals surface area contributed by atoms with Crippen molar-refractivity contribution in [1.82, 2.24) is 5.32 Å². The Balaban J connectivity index is 2.06. The number of unbranched alkanes of at least 4 members (excludes halogenated alkanes) is 50. The highest BCUT2D eigenvalue weighted by Crippen LogP contribution is 2.24. The van der Waals surface area contributed by atoms with E-state index in [0.29, 0.717) is 12.8 Å². The number of aliphatic hydroxyl groups excluding tert-OH is 5. The Morgan fingerprint density at radius 3 is 0.947 bits per heavy atom. The number of carbonyl (C=O) groups is 1. The van der Waals surface area contributed by atoms with E-state index in [-0.39, 0.29) is 12.5 Å². The van der Waals surface area contributed by atoms with Crippen molar-refractivity contribution in [3.63, 3.8) is 0 Å². The van der Waals surface area contributed by atoms with E-state index in [2.05, 4.69) is 19.2 Å². The molecular weight excluding hydrogens is 935 g/mol. The lowest BCUT2D eigenvalue weighted by molar-refractivity contribution is -0.302. The van der Waals surface area contributed by atoms with Crippen molar-refractivity contribution in [2.24, 2.45) is 0 Å². The zero-order valence-corrected chi connectivity index (χ0v) is 50.1. The highest BCUT2D eigenvalue weighted by Gasteiger charge is 2.44. The maximum absolute atomic E-state index is 13.1. The molecule has 1 heterocycles. The second-order valence-electron chi connectivity index (χ2n) is 24.0. The SMILES string of the molecule is CCCCCCCCCCCCCCCCCCCCCCCCCCCCCCCCCCCCC(=O)NC(COC1OC(CO)C(O)C(O)C1O)C(O)CCCCCCCCCCCCCCCCCCCC. The molecule has 1 rings (SSSR count). The van der Waals surface area contributed by atoms with E-state index < -0.39 is 49.5 Å². The second-order valence-corrected chi connectivity index (χ2v) is 24.0. The predicted molar refractivity (Wildman–Crippen MR) is 318 cm³/mol. The van der Waals surface area contributed by atoms with Gasteiger partial charge in [0.1, 0.15) is 24.4 Å². The van der Waals surface area contributed by atoms with Crippen LogP contribution >= 0.6 is 0 Å². The predicted octanol–water partition coefficient (Wildman–Crippen LogP) is 17.8. The zero-order valence-electron chi connectivity index (χ0n) is 50.1. The molecule has 0 aromatic heterocycles. The summed E-state index contributed by atoms with van der Waals surface area (Å²) < 4.78 is 11.3. The summed E-state index contributed by atoms with van der Waals surface area (Å²) >= 11 is 0. The van der Waals surface area contributed by atoms with Crippen molar-refractivity contribution in [2.75, 3.05) is 13.2 Å². The molecule has 448 valence electrons. The Bertz CT molecular complexity index is 1140. The third-order valence-electron chi connectivity index (χ3n) is 16.7. The summed E-state index contributed by atoms with van der Waals surface area (Å²) in [6, 6.07) is -0.714. The van der Waals surface area contributed by atoms with Gasteiger partial charge >= 0.3 is 0 Å². The lowest BCUT2D eigenvalue weighted by Crippen LogP contribution is -2.60. The average molecular weight is 1070 g/mol. The average Bonchev–Trinajstić information content (AvgIpc) is 3.41. The molecule has 0 aromatic rings. The van der Waals surface area contributed by atoms with E-state index >= 15 is 0 Å². The van der Waals surface area contributed by atoms with Gasteiger partial charge in [-0.3, -0.25) is 4.79 Å². The third-order valence-corrected chi connectivity index (χ3v) is 16.7. The van der Waals surface area contributed by atoms with Gasteiger partial charge < -0.3 is 40.3 Å². The number of carbonyl (C=O) groups excluding carboxylic acids is 1. The summed E-state index contributed by atoms with van der Waals surface area (Å²) in [6.45, 7) is 3.90. The Labute approximate surface area is 465 Å². The molecule has 0 aliphatic carbocycles. The summed E-state index contributed by atoms with van der Waals surface area (Å²) in [5.74, 6) is -0.134. The van der Waals surface area contributed by atoms with Gasteiger partial charge in [0.2, 0.25) is 5.91 Å². The first-order chi connectivity index (χ1) is 36.8. The number of rotatable bonds is 60. The van der Waals surface area contributed by atoms with E-state index in [1.165, 1.54) is 295 Å². The fraction of sp³-hybridized carbons (Fsp3) is 0.985. The lowest BCUT2D eigenvalue weighted by Gasteiger charge is -2.40. The standard InChI is InChI=1S/C66H131NO8/c1-3-5-7-9-11-13-15-17-19-21-23-24-25-26-27-28-29-30-31-32-33-34-35-36-37-38-40-42-44-46-48-50-52-54-56-62(70)67-59(58-74-66-65(73)64(72)63(71)61(57-68)75-66)60(69)55-53-51-49-47-45-43-41-39-22-20-18-16-14-12-10-8-6-4-2/h59-61,63-66,68-69,71-73H,3-58H2,1-2H3,(H,67,70). The van der Waals surface area contributed by atoms with Crippen LogP contribution < -0.4 is 5.32 Å². The van der Waals surface area contributed by atoms with Gasteiger partial charge in [-0.2, -0.15) is 0 Å². The van der Waals surface area contributed by atoms with Crippen LogP contribution in [0.3, 0.4) is 0 Å². The van der Waals surface area contributed by atoms with Crippen LogP contribution in [0.2, 0.25) is 0 Å². The smallest absolute Gasteiger partial charge is 0.220 e. The molecule has 75 heavy (non-hydrogen) atoms. The molecule has 1 aliphatic heterocycles. The van der Waals surface area contributed by atoms with Gasteiger partial charge in [-0.25, -0.2) is 0 Å². The normalized spacial score (nSPS) is 18.7. The molecule has 9 nitrogen and oxygen atoms in total. The van der Waals surface area contributed by atoms with Crippen molar-refractivity contribution >= 4 is 5.91 Å². The van der Waals surface area contributed by atoms with Gasteiger partial charge in [0, 0.05) is 6.42 Å². The molecule has 0 radical (unpaired) electrons. The molecular formula is C66H131NO8. The fourth-order valence-electron chi connectivity index (χ4n) is 11.4.